The van der Waals surface area contributed by atoms with E-state index in [0.29, 0.717) is 5.92 Å². The van der Waals surface area contributed by atoms with Crippen LogP contribution >= 0.6 is 0 Å². The van der Waals surface area contributed by atoms with Gasteiger partial charge < -0.3 is 15.5 Å². The van der Waals surface area contributed by atoms with Gasteiger partial charge in [0.15, 0.2) is 0 Å². The van der Waals surface area contributed by atoms with Crippen LogP contribution in [0.1, 0.15) is 51.5 Å². The third-order valence-electron chi connectivity index (χ3n) is 3.93. The van der Waals surface area contributed by atoms with E-state index in [9.17, 15) is 0 Å². The van der Waals surface area contributed by atoms with Gasteiger partial charge in [0.05, 0.1) is 0 Å². The first-order chi connectivity index (χ1) is 10.1. The zero-order chi connectivity index (χ0) is 15.2. The third-order valence-corrected chi connectivity index (χ3v) is 3.93. The fourth-order valence-corrected chi connectivity index (χ4v) is 2.52. The lowest BCUT2D eigenvalue weighted by molar-refractivity contribution is 0.337. The van der Waals surface area contributed by atoms with Crippen molar-refractivity contribution in [3.8, 4) is 0 Å². The number of hydrogen-bond acceptors (Lipinski definition) is 5. The Morgan fingerprint density at radius 1 is 1.19 bits per heavy atom. The lowest BCUT2D eigenvalue weighted by atomic mass is 10.0. The van der Waals surface area contributed by atoms with Crippen LogP contribution < -0.4 is 10.6 Å². The van der Waals surface area contributed by atoms with Gasteiger partial charge in [-0.15, -0.1) is 0 Å². The van der Waals surface area contributed by atoms with E-state index in [0.717, 1.165) is 43.7 Å². The molecule has 21 heavy (non-hydrogen) atoms. The summed E-state index contributed by atoms with van der Waals surface area (Å²) in [5.74, 6) is 2.34. The molecule has 1 fully saturated rings. The molecule has 1 aliphatic carbocycles. The summed E-state index contributed by atoms with van der Waals surface area (Å²) in [4.78, 5) is 11.3. The predicted molar refractivity (Wildman–Crippen MR) is 89.0 cm³/mol. The van der Waals surface area contributed by atoms with Crippen LogP contribution in [0.5, 0.6) is 0 Å². The van der Waals surface area contributed by atoms with Crippen LogP contribution in [-0.4, -0.2) is 47.6 Å². The molecule has 1 aliphatic rings. The molecule has 2 N–H and O–H groups in total. The predicted octanol–water partition coefficient (Wildman–Crippen LogP) is 2.93. The van der Waals surface area contributed by atoms with Crippen molar-refractivity contribution in [2.24, 2.45) is 0 Å². The SMILES string of the molecule is CCCNc1ncnc(NCCN(C)C2CC2)c1C(C)C. The normalized spacial score (nSPS) is 14.8. The van der Waals surface area contributed by atoms with E-state index >= 15 is 0 Å². The van der Waals surface area contributed by atoms with Crippen LogP contribution in [0.4, 0.5) is 11.6 Å². The van der Waals surface area contributed by atoms with Gasteiger partial charge >= 0.3 is 0 Å². The average Bonchev–Trinajstić information content (AvgIpc) is 3.29. The Bertz CT molecular complexity index is 442. The van der Waals surface area contributed by atoms with Crippen LogP contribution in [0.3, 0.4) is 0 Å². The second-order valence-electron chi connectivity index (χ2n) is 6.20. The molecular formula is C16H29N5. The molecule has 0 spiro atoms. The maximum Gasteiger partial charge on any atom is 0.135 e. The molecule has 1 heterocycles. The van der Waals surface area contributed by atoms with E-state index in [-0.39, 0.29) is 0 Å². The Morgan fingerprint density at radius 3 is 2.33 bits per heavy atom. The molecular weight excluding hydrogens is 262 g/mol. The molecule has 1 aromatic heterocycles. The lowest BCUT2D eigenvalue weighted by Gasteiger charge is -2.20. The molecule has 0 unspecified atom stereocenters. The molecule has 0 bridgehead atoms. The minimum absolute atomic E-state index is 0.397. The summed E-state index contributed by atoms with van der Waals surface area (Å²) < 4.78 is 0. The molecule has 5 heteroatoms. The summed E-state index contributed by atoms with van der Waals surface area (Å²) in [7, 11) is 2.21. The smallest absolute Gasteiger partial charge is 0.135 e. The monoisotopic (exact) mass is 291 g/mol. The molecule has 0 atom stereocenters. The van der Waals surface area contributed by atoms with Gasteiger partial charge in [-0.1, -0.05) is 20.8 Å². The Morgan fingerprint density at radius 2 is 1.81 bits per heavy atom. The van der Waals surface area contributed by atoms with Gasteiger partial charge in [-0.3, -0.25) is 0 Å². The summed E-state index contributed by atoms with van der Waals surface area (Å²) in [5.41, 5.74) is 1.19. The van der Waals surface area contributed by atoms with E-state index in [1.807, 2.05) is 0 Å². The molecule has 0 aliphatic heterocycles. The maximum absolute atomic E-state index is 4.45. The van der Waals surface area contributed by atoms with E-state index in [2.05, 4.69) is 53.3 Å². The Hall–Kier alpha value is -1.36. The van der Waals surface area contributed by atoms with E-state index < -0.39 is 0 Å². The van der Waals surface area contributed by atoms with Gasteiger partial charge in [0, 0.05) is 31.2 Å². The van der Waals surface area contributed by atoms with Gasteiger partial charge in [-0.2, -0.15) is 0 Å². The number of nitrogens with zero attached hydrogens (tertiary/aromatic N) is 3. The first kappa shape index (κ1) is 16.0. The average molecular weight is 291 g/mol. The Balaban J connectivity index is 1.99. The highest BCUT2D eigenvalue weighted by Gasteiger charge is 2.25. The van der Waals surface area contributed by atoms with Crippen molar-refractivity contribution in [2.45, 2.75) is 52.0 Å². The largest absolute Gasteiger partial charge is 0.370 e. The number of nitrogens with one attached hydrogen (secondary N) is 2. The highest BCUT2D eigenvalue weighted by molar-refractivity contribution is 5.59. The fourth-order valence-electron chi connectivity index (χ4n) is 2.52. The summed E-state index contributed by atoms with van der Waals surface area (Å²) in [6.45, 7) is 9.48. The van der Waals surface area contributed by atoms with Crippen molar-refractivity contribution in [1.29, 1.82) is 0 Å². The first-order valence-corrected chi connectivity index (χ1v) is 8.16. The van der Waals surface area contributed by atoms with Gasteiger partial charge in [0.2, 0.25) is 0 Å². The molecule has 0 amide bonds. The number of likely N-dealkylation sites (N-methyl/N-ethyl adjacent to an activating group) is 1. The molecule has 2 rings (SSSR count). The van der Waals surface area contributed by atoms with Crippen molar-refractivity contribution >= 4 is 11.6 Å². The standard InChI is InChI=1S/C16H29N5/c1-5-8-17-15-14(12(2)3)16(20-11-19-15)18-9-10-21(4)13-6-7-13/h11-13H,5-10H2,1-4H3,(H2,17,18,19,20). The fraction of sp³-hybridized carbons (Fsp3) is 0.750. The third kappa shape index (κ3) is 4.56. The highest BCUT2D eigenvalue weighted by atomic mass is 15.2. The summed E-state index contributed by atoms with van der Waals surface area (Å²) in [6.07, 6.45) is 5.45. The summed E-state index contributed by atoms with van der Waals surface area (Å²) in [6, 6.07) is 0.809. The van der Waals surface area contributed by atoms with Crippen molar-refractivity contribution in [2.75, 3.05) is 37.3 Å². The molecule has 0 radical (unpaired) electrons. The van der Waals surface area contributed by atoms with Crippen molar-refractivity contribution in [3.63, 3.8) is 0 Å². The van der Waals surface area contributed by atoms with Crippen molar-refractivity contribution in [1.82, 2.24) is 14.9 Å². The zero-order valence-corrected chi connectivity index (χ0v) is 13.8. The van der Waals surface area contributed by atoms with Gasteiger partial charge in [0.25, 0.3) is 0 Å². The molecule has 1 aromatic rings. The van der Waals surface area contributed by atoms with Crippen LogP contribution in [0.25, 0.3) is 0 Å². The van der Waals surface area contributed by atoms with E-state index in [1.54, 1.807) is 6.33 Å². The highest BCUT2D eigenvalue weighted by Crippen LogP contribution is 2.28. The molecule has 1 saturated carbocycles. The lowest BCUT2D eigenvalue weighted by Crippen LogP contribution is -2.27. The van der Waals surface area contributed by atoms with Crippen LogP contribution in [0.2, 0.25) is 0 Å². The van der Waals surface area contributed by atoms with Crippen LogP contribution in [-0.2, 0) is 0 Å². The maximum atomic E-state index is 4.45. The topological polar surface area (TPSA) is 53.1 Å². The quantitative estimate of drug-likeness (QED) is 0.732. The number of rotatable bonds is 9. The first-order valence-electron chi connectivity index (χ1n) is 8.16. The second kappa shape index (κ2) is 7.59. The van der Waals surface area contributed by atoms with E-state index in [1.165, 1.54) is 18.4 Å². The van der Waals surface area contributed by atoms with Gasteiger partial charge in [-0.25, -0.2) is 9.97 Å². The zero-order valence-electron chi connectivity index (χ0n) is 13.8. The molecule has 118 valence electrons. The number of hydrogen-bond donors (Lipinski definition) is 2. The van der Waals surface area contributed by atoms with Crippen LogP contribution in [0, 0.1) is 0 Å². The van der Waals surface area contributed by atoms with E-state index in [4.69, 9.17) is 0 Å². The van der Waals surface area contributed by atoms with Crippen LogP contribution in [0.15, 0.2) is 6.33 Å². The minimum atomic E-state index is 0.397. The minimum Gasteiger partial charge on any atom is -0.370 e. The molecule has 0 saturated heterocycles. The Kier molecular flexibility index (Phi) is 5.79. The number of anilines is 2. The molecule has 5 nitrogen and oxygen atoms in total. The molecule has 0 aromatic carbocycles. The second-order valence-corrected chi connectivity index (χ2v) is 6.20. The summed E-state index contributed by atoms with van der Waals surface area (Å²) >= 11 is 0. The van der Waals surface area contributed by atoms with Crippen molar-refractivity contribution in [3.05, 3.63) is 11.9 Å². The van der Waals surface area contributed by atoms with Crippen molar-refractivity contribution < 1.29 is 0 Å². The number of aromatic nitrogens is 2. The van der Waals surface area contributed by atoms with Gasteiger partial charge in [0.1, 0.15) is 18.0 Å². The van der Waals surface area contributed by atoms with Gasteiger partial charge in [-0.05, 0) is 32.2 Å². The summed E-state index contributed by atoms with van der Waals surface area (Å²) in [5, 5.41) is 6.90. The Labute approximate surface area is 128 Å².